The van der Waals surface area contributed by atoms with E-state index >= 15 is 0 Å². The summed E-state index contributed by atoms with van der Waals surface area (Å²) in [5.74, 6) is -1.18. The molecule has 0 aliphatic carbocycles. The molecule has 5 nitrogen and oxygen atoms in total. The Morgan fingerprint density at radius 2 is 1.73 bits per heavy atom. The minimum absolute atomic E-state index is 0.276. The molecule has 2 N–H and O–H groups in total. The van der Waals surface area contributed by atoms with E-state index in [1.54, 1.807) is 37.3 Å². The highest BCUT2D eigenvalue weighted by atomic mass is 16.5. The van der Waals surface area contributed by atoms with Crippen molar-refractivity contribution >= 4 is 11.9 Å². The third-order valence-electron chi connectivity index (χ3n) is 3.17. The van der Waals surface area contributed by atoms with Gasteiger partial charge in [0.15, 0.2) is 6.10 Å². The Labute approximate surface area is 127 Å². The molecular formula is C17H16O5. The zero-order valence-electron chi connectivity index (χ0n) is 12.0. The van der Waals surface area contributed by atoms with Crippen molar-refractivity contribution in [3.8, 4) is 16.9 Å². The highest BCUT2D eigenvalue weighted by Crippen LogP contribution is 2.31. The van der Waals surface area contributed by atoms with Crippen LogP contribution in [0, 0.1) is 0 Å². The van der Waals surface area contributed by atoms with Gasteiger partial charge in [-0.3, -0.25) is 4.79 Å². The third kappa shape index (κ3) is 3.51. The summed E-state index contributed by atoms with van der Waals surface area (Å²) >= 11 is 0. The fraction of sp³-hybridized carbons (Fsp3) is 0.176. The molecule has 114 valence electrons. The van der Waals surface area contributed by atoms with E-state index in [0.29, 0.717) is 11.3 Å². The zero-order valence-corrected chi connectivity index (χ0v) is 12.0. The van der Waals surface area contributed by atoms with Crippen LogP contribution < -0.4 is 4.74 Å². The predicted molar refractivity (Wildman–Crippen MR) is 80.4 cm³/mol. The maximum atomic E-state index is 11.5. The lowest BCUT2D eigenvalue weighted by molar-refractivity contribution is -0.147. The standard InChI is InChI=1S/C17H16O5/c1-2-15(18)22-14-6-4-3-5-13(14)11-7-9-12(10-8-11)16(19)17(20)21/h3-10,16,19H,2H2,1H3,(H,20,21). The molecule has 22 heavy (non-hydrogen) atoms. The normalized spacial score (nSPS) is 11.7. The summed E-state index contributed by atoms with van der Waals surface area (Å²) in [5, 5.41) is 18.3. The van der Waals surface area contributed by atoms with Crippen LogP contribution in [-0.2, 0) is 9.59 Å². The van der Waals surface area contributed by atoms with Crippen LogP contribution in [0.3, 0.4) is 0 Å². The lowest BCUT2D eigenvalue weighted by Crippen LogP contribution is -2.10. The van der Waals surface area contributed by atoms with Gasteiger partial charge in [0.25, 0.3) is 0 Å². The van der Waals surface area contributed by atoms with Gasteiger partial charge in [-0.15, -0.1) is 0 Å². The molecule has 0 saturated heterocycles. The first-order chi connectivity index (χ1) is 10.5. The number of aliphatic carboxylic acids is 1. The van der Waals surface area contributed by atoms with Crippen molar-refractivity contribution in [2.24, 2.45) is 0 Å². The van der Waals surface area contributed by atoms with Crippen molar-refractivity contribution in [2.45, 2.75) is 19.4 Å². The molecule has 0 spiro atoms. The van der Waals surface area contributed by atoms with Crippen LogP contribution in [0.4, 0.5) is 0 Å². The number of carbonyl (C=O) groups is 2. The quantitative estimate of drug-likeness (QED) is 0.655. The summed E-state index contributed by atoms with van der Waals surface area (Å²) in [5.41, 5.74) is 1.78. The van der Waals surface area contributed by atoms with Gasteiger partial charge in [-0.2, -0.15) is 0 Å². The van der Waals surface area contributed by atoms with Crippen molar-refractivity contribution in [1.82, 2.24) is 0 Å². The third-order valence-corrected chi connectivity index (χ3v) is 3.17. The van der Waals surface area contributed by atoms with Crippen molar-refractivity contribution in [3.05, 3.63) is 54.1 Å². The van der Waals surface area contributed by atoms with Gasteiger partial charge in [0, 0.05) is 12.0 Å². The Bertz CT molecular complexity index is 676. The Balaban J connectivity index is 2.32. The van der Waals surface area contributed by atoms with E-state index in [1.807, 2.05) is 6.07 Å². The molecule has 1 atom stereocenters. The van der Waals surface area contributed by atoms with Gasteiger partial charge < -0.3 is 14.9 Å². The zero-order chi connectivity index (χ0) is 16.1. The molecule has 0 aliphatic rings. The molecule has 1 unspecified atom stereocenters. The Hall–Kier alpha value is -2.66. The average molecular weight is 300 g/mol. The van der Waals surface area contributed by atoms with Gasteiger partial charge in [0.1, 0.15) is 5.75 Å². The highest BCUT2D eigenvalue weighted by molar-refractivity contribution is 5.78. The molecule has 2 aromatic carbocycles. The summed E-state index contributed by atoms with van der Waals surface area (Å²) in [4.78, 5) is 22.2. The predicted octanol–water partition coefficient (Wildman–Crippen LogP) is 2.79. The number of para-hydroxylation sites is 1. The van der Waals surface area contributed by atoms with Gasteiger partial charge in [-0.05, 0) is 17.2 Å². The highest BCUT2D eigenvalue weighted by Gasteiger charge is 2.16. The van der Waals surface area contributed by atoms with Crippen molar-refractivity contribution < 1.29 is 24.5 Å². The molecular weight excluding hydrogens is 284 g/mol. The van der Waals surface area contributed by atoms with Gasteiger partial charge in [-0.25, -0.2) is 4.79 Å². The number of rotatable bonds is 5. The number of benzene rings is 2. The maximum absolute atomic E-state index is 11.5. The van der Waals surface area contributed by atoms with Crippen LogP contribution in [-0.4, -0.2) is 22.2 Å². The number of hydrogen-bond donors (Lipinski definition) is 2. The average Bonchev–Trinajstić information content (AvgIpc) is 2.54. The summed E-state index contributed by atoms with van der Waals surface area (Å²) in [6, 6.07) is 13.5. The first kappa shape index (κ1) is 15.7. The molecule has 0 aromatic heterocycles. The first-order valence-corrected chi connectivity index (χ1v) is 6.84. The molecule has 0 amide bonds. The summed E-state index contributed by atoms with van der Waals surface area (Å²) < 4.78 is 5.28. The number of carbonyl (C=O) groups excluding carboxylic acids is 1. The molecule has 2 rings (SSSR count). The van der Waals surface area contributed by atoms with Gasteiger partial charge in [-0.1, -0.05) is 49.4 Å². The molecule has 5 heteroatoms. The Kier molecular flexibility index (Phi) is 4.91. The second-order valence-electron chi connectivity index (χ2n) is 4.69. The van der Waals surface area contributed by atoms with Gasteiger partial charge in [0.05, 0.1) is 0 Å². The molecule has 0 bridgehead atoms. The second kappa shape index (κ2) is 6.87. The smallest absolute Gasteiger partial charge is 0.337 e. The number of carboxylic acid groups (broad SMARTS) is 1. The van der Waals surface area contributed by atoms with Crippen LogP contribution in [0.5, 0.6) is 5.75 Å². The van der Waals surface area contributed by atoms with E-state index in [2.05, 4.69) is 0 Å². The maximum Gasteiger partial charge on any atom is 0.337 e. The van der Waals surface area contributed by atoms with Gasteiger partial charge in [0.2, 0.25) is 0 Å². The molecule has 0 fully saturated rings. The number of aliphatic hydroxyl groups is 1. The fourth-order valence-electron chi connectivity index (χ4n) is 1.98. The van der Waals surface area contributed by atoms with Crippen molar-refractivity contribution in [1.29, 1.82) is 0 Å². The van der Waals surface area contributed by atoms with E-state index in [-0.39, 0.29) is 12.4 Å². The number of carboxylic acids is 1. The lowest BCUT2D eigenvalue weighted by Gasteiger charge is -2.11. The minimum Gasteiger partial charge on any atom is -0.479 e. The van der Waals surface area contributed by atoms with Crippen molar-refractivity contribution in [3.63, 3.8) is 0 Å². The summed E-state index contributed by atoms with van der Waals surface area (Å²) in [7, 11) is 0. The van der Waals surface area contributed by atoms with E-state index in [0.717, 1.165) is 11.1 Å². The molecule has 2 aromatic rings. The fourth-order valence-corrected chi connectivity index (χ4v) is 1.98. The summed E-state index contributed by atoms with van der Waals surface area (Å²) in [6.07, 6.45) is -1.28. The number of esters is 1. The molecule has 0 saturated carbocycles. The van der Waals surface area contributed by atoms with E-state index in [9.17, 15) is 14.7 Å². The van der Waals surface area contributed by atoms with E-state index in [4.69, 9.17) is 9.84 Å². The largest absolute Gasteiger partial charge is 0.479 e. The van der Waals surface area contributed by atoms with E-state index < -0.39 is 12.1 Å². The number of ether oxygens (including phenoxy) is 1. The van der Waals surface area contributed by atoms with Gasteiger partial charge >= 0.3 is 11.9 Å². The monoisotopic (exact) mass is 300 g/mol. The minimum atomic E-state index is -1.55. The summed E-state index contributed by atoms with van der Waals surface area (Å²) in [6.45, 7) is 1.72. The van der Waals surface area contributed by atoms with Crippen LogP contribution >= 0.6 is 0 Å². The second-order valence-corrected chi connectivity index (χ2v) is 4.69. The molecule has 0 aliphatic heterocycles. The van der Waals surface area contributed by atoms with Crippen LogP contribution in [0.2, 0.25) is 0 Å². The first-order valence-electron chi connectivity index (χ1n) is 6.84. The van der Waals surface area contributed by atoms with E-state index in [1.165, 1.54) is 12.1 Å². The molecule has 0 radical (unpaired) electrons. The topological polar surface area (TPSA) is 83.8 Å². The number of hydrogen-bond acceptors (Lipinski definition) is 4. The number of aliphatic hydroxyl groups excluding tert-OH is 1. The Morgan fingerprint density at radius 1 is 1.09 bits per heavy atom. The van der Waals surface area contributed by atoms with Crippen molar-refractivity contribution in [2.75, 3.05) is 0 Å². The van der Waals surface area contributed by atoms with Crippen LogP contribution in [0.15, 0.2) is 48.5 Å². The Morgan fingerprint density at radius 3 is 2.32 bits per heavy atom. The van der Waals surface area contributed by atoms with Crippen LogP contribution in [0.1, 0.15) is 25.0 Å². The molecule has 0 heterocycles. The lowest BCUT2D eigenvalue weighted by atomic mass is 10.0. The van der Waals surface area contributed by atoms with Crippen LogP contribution in [0.25, 0.3) is 11.1 Å². The SMILES string of the molecule is CCC(=O)Oc1ccccc1-c1ccc(C(O)C(=O)O)cc1.